The smallest absolute Gasteiger partial charge is 0.306 e. The molecule has 0 saturated heterocycles. The molecular formula is C31H57N5O9. The monoisotopic (exact) mass is 643 g/mol. The second-order valence-corrected chi connectivity index (χ2v) is 13.4. The molecule has 0 unspecified atom stereocenters. The number of hydrogen-bond donors (Lipinski definition) is 8. The van der Waals surface area contributed by atoms with Gasteiger partial charge in [0.2, 0.25) is 29.5 Å². The third kappa shape index (κ3) is 16.6. The highest BCUT2D eigenvalue weighted by Crippen LogP contribution is 2.14. The van der Waals surface area contributed by atoms with Gasteiger partial charge in [0.25, 0.3) is 0 Å². The summed E-state index contributed by atoms with van der Waals surface area (Å²) in [5, 5.41) is 43.5. The van der Waals surface area contributed by atoms with Gasteiger partial charge in [-0.25, -0.2) is 0 Å². The molecule has 45 heavy (non-hydrogen) atoms. The van der Waals surface area contributed by atoms with Gasteiger partial charge >= 0.3 is 5.97 Å². The van der Waals surface area contributed by atoms with Gasteiger partial charge in [-0.15, -0.1) is 0 Å². The number of aliphatic carboxylic acids is 1. The van der Waals surface area contributed by atoms with Gasteiger partial charge in [-0.1, -0.05) is 55.4 Å². The Kier molecular flexibility index (Phi) is 18.5. The quantitative estimate of drug-likeness (QED) is 0.0920. The minimum Gasteiger partial charge on any atom is -0.481 e. The van der Waals surface area contributed by atoms with Crippen molar-refractivity contribution >= 4 is 35.5 Å². The number of rotatable bonds is 20. The van der Waals surface area contributed by atoms with Crippen molar-refractivity contribution in [2.24, 2.45) is 23.7 Å². The summed E-state index contributed by atoms with van der Waals surface area (Å²) in [6.07, 6.45) is -3.01. The van der Waals surface area contributed by atoms with Crippen LogP contribution in [0.25, 0.3) is 0 Å². The van der Waals surface area contributed by atoms with Crippen LogP contribution in [-0.4, -0.2) is 93.2 Å². The highest BCUT2D eigenvalue weighted by molar-refractivity contribution is 5.92. The second kappa shape index (κ2) is 20.0. The molecule has 0 aromatic carbocycles. The first-order valence-electron chi connectivity index (χ1n) is 15.7. The summed E-state index contributed by atoms with van der Waals surface area (Å²) in [5.74, 6) is -4.48. The molecule has 0 rings (SSSR count). The first-order valence-corrected chi connectivity index (χ1v) is 15.7. The van der Waals surface area contributed by atoms with Gasteiger partial charge < -0.3 is 41.9 Å². The molecule has 0 aliphatic rings. The molecule has 0 aliphatic heterocycles. The molecule has 0 aliphatic carbocycles. The summed E-state index contributed by atoms with van der Waals surface area (Å²) in [6.45, 7) is 17.2. The number of carbonyl (C=O) groups excluding carboxylic acids is 5. The molecular weight excluding hydrogens is 586 g/mol. The maximum absolute atomic E-state index is 13.3. The Labute approximate surface area is 267 Å². The number of carboxylic acid groups (broad SMARTS) is 1. The summed E-state index contributed by atoms with van der Waals surface area (Å²) in [7, 11) is 0. The lowest BCUT2D eigenvalue weighted by Crippen LogP contribution is -2.59. The zero-order valence-electron chi connectivity index (χ0n) is 28.5. The molecule has 8 N–H and O–H groups in total. The maximum atomic E-state index is 13.3. The van der Waals surface area contributed by atoms with E-state index in [2.05, 4.69) is 26.6 Å². The number of aliphatic hydroxyl groups is 2. The van der Waals surface area contributed by atoms with Crippen molar-refractivity contribution in [2.45, 2.75) is 137 Å². The van der Waals surface area contributed by atoms with Crippen LogP contribution in [0.5, 0.6) is 0 Å². The first kappa shape index (κ1) is 41.7. The van der Waals surface area contributed by atoms with E-state index in [9.17, 15) is 39.0 Å². The first-order chi connectivity index (χ1) is 20.7. The lowest BCUT2D eigenvalue weighted by atomic mass is 9.95. The van der Waals surface area contributed by atoms with Crippen LogP contribution in [-0.2, 0) is 28.8 Å². The third-order valence-corrected chi connectivity index (χ3v) is 7.14. The molecule has 14 heteroatoms. The number of hydrogen-bond acceptors (Lipinski definition) is 8. The standard InChI is InChI=1S/C31H57N5O9/c1-15(2)11-21(35-30(44)28(18(7)8)36-31(45)27(17(5)6)33-20(10)37)23(38)13-25(40)32-19(9)29(43)34-22(12-16(3)4)24(39)14-26(41)42/h15-19,21-24,27-28,38-39H,11-14H2,1-10H3,(H,32,40)(H,33,37)(H,34,43)(H,35,44)(H,36,45)(H,41,42)/t19-,21-,22+,23-,24-,27+,28+/m1/s1. The van der Waals surface area contributed by atoms with E-state index >= 15 is 0 Å². The normalized spacial score (nSPS) is 16.3. The molecule has 0 radical (unpaired) electrons. The van der Waals surface area contributed by atoms with E-state index in [1.165, 1.54) is 13.8 Å². The summed E-state index contributed by atoms with van der Waals surface area (Å²) >= 11 is 0. The Hall–Kier alpha value is -3.26. The van der Waals surface area contributed by atoms with Crippen molar-refractivity contribution < 1.29 is 44.1 Å². The van der Waals surface area contributed by atoms with Gasteiger partial charge in [-0.2, -0.15) is 0 Å². The summed E-state index contributed by atoms with van der Waals surface area (Å²) in [6, 6.07) is -4.59. The van der Waals surface area contributed by atoms with E-state index in [0.717, 1.165) is 0 Å². The number of nitrogens with one attached hydrogen (secondary N) is 5. The van der Waals surface area contributed by atoms with Crippen molar-refractivity contribution in [3.63, 3.8) is 0 Å². The Morgan fingerprint density at radius 2 is 0.956 bits per heavy atom. The Morgan fingerprint density at radius 1 is 0.556 bits per heavy atom. The van der Waals surface area contributed by atoms with Crippen molar-refractivity contribution in [1.29, 1.82) is 0 Å². The van der Waals surface area contributed by atoms with Crippen LogP contribution in [0.1, 0.15) is 94.9 Å². The fraction of sp³-hybridized carbons (Fsp3) is 0.806. The van der Waals surface area contributed by atoms with E-state index in [-0.39, 0.29) is 29.6 Å². The van der Waals surface area contributed by atoms with Gasteiger partial charge in [0.15, 0.2) is 0 Å². The topological polar surface area (TPSA) is 223 Å². The van der Waals surface area contributed by atoms with Crippen molar-refractivity contribution in [1.82, 2.24) is 26.6 Å². The van der Waals surface area contributed by atoms with Crippen LogP contribution in [0.4, 0.5) is 0 Å². The highest BCUT2D eigenvalue weighted by Gasteiger charge is 2.33. The van der Waals surface area contributed by atoms with Crippen molar-refractivity contribution in [3.8, 4) is 0 Å². The third-order valence-electron chi connectivity index (χ3n) is 7.14. The fourth-order valence-corrected chi connectivity index (χ4v) is 4.77. The van der Waals surface area contributed by atoms with Crippen molar-refractivity contribution in [2.75, 3.05) is 0 Å². The molecule has 260 valence electrons. The van der Waals surface area contributed by atoms with Gasteiger partial charge in [0.05, 0.1) is 37.1 Å². The average Bonchev–Trinajstić information content (AvgIpc) is 2.87. The largest absolute Gasteiger partial charge is 0.481 e. The average molecular weight is 644 g/mol. The molecule has 5 amide bonds. The Morgan fingerprint density at radius 3 is 1.36 bits per heavy atom. The van der Waals surface area contributed by atoms with Crippen molar-refractivity contribution in [3.05, 3.63) is 0 Å². The predicted octanol–water partition coefficient (Wildman–Crippen LogP) is 0.441. The molecule has 0 spiro atoms. The van der Waals surface area contributed by atoms with Crippen LogP contribution < -0.4 is 26.6 Å². The summed E-state index contributed by atoms with van der Waals surface area (Å²) in [5.41, 5.74) is 0. The molecule has 14 nitrogen and oxygen atoms in total. The molecule has 0 aromatic rings. The molecule has 0 fully saturated rings. The zero-order valence-corrected chi connectivity index (χ0v) is 28.5. The minimum atomic E-state index is -1.33. The van der Waals surface area contributed by atoms with Crippen LogP contribution in [0, 0.1) is 23.7 Å². The highest BCUT2D eigenvalue weighted by atomic mass is 16.4. The summed E-state index contributed by atoms with van der Waals surface area (Å²) < 4.78 is 0. The number of aliphatic hydroxyl groups excluding tert-OH is 2. The molecule has 7 atom stereocenters. The van der Waals surface area contributed by atoms with Gasteiger partial charge in [-0.05, 0) is 43.4 Å². The van der Waals surface area contributed by atoms with Gasteiger partial charge in [-0.3, -0.25) is 28.8 Å². The van der Waals surface area contributed by atoms with E-state index in [1.54, 1.807) is 27.7 Å². The molecule has 0 bridgehead atoms. The number of amides is 5. The van der Waals surface area contributed by atoms with Crippen LogP contribution in [0.2, 0.25) is 0 Å². The van der Waals surface area contributed by atoms with Gasteiger partial charge in [0, 0.05) is 6.92 Å². The van der Waals surface area contributed by atoms with E-state index < -0.39 is 84.9 Å². The van der Waals surface area contributed by atoms with Gasteiger partial charge in [0.1, 0.15) is 18.1 Å². The SMILES string of the molecule is CC(=O)N[C@H](C(=O)N[C@H](C(=O)N[C@H](CC(C)C)[C@H](O)CC(=O)N[C@H](C)C(=O)N[C@@H](CC(C)C)[C@H](O)CC(=O)O)C(C)C)C(C)C. The molecule has 0 aromatic heterocycles. The lowest BCUT2D eigenvalue weighted by Gasteiger charge is -2.31. The lowest BCUT2D eigenvalue weighted by molar-refractivity contribution is -0.140. The second-order valence-electron chi connectivity index (χ2n) is 13.4. The minimum absolute atomic E-state index is 0.0185. The van der Waals surface area contributed by atoms with Crippen LogP contribution in [0.15, 0.2) is 0 Å². The van der Waals surface area contributed by atoms with E-state index in [0.29, 0.717) is 12.8 Å². The molecule has 0 heterocycles. The number of carboxylic acids is 1. The van der Waals surface area contributed by atoms with E-state index in [1.807, 2.05) is 27.7 Å². The Bertz CT molecular complexity index is 1000. The van der Waals surface area contributed by atoms with Crippen LogP contribution in [0.3, 0.4) is 0 Å². The predicted molar refractivity (Wildman–Crippen MR) is 168 cm³/mol. The maximum Gasteiger partial charge on any atom is 0.306 e. The van der Waals surface area contributed by atoms with E-state index in [4.69, 9.17) is 5.11 Å². The number of carbonyl (C=O) groups is 6. The molecule has 0 saturated carbocycles. The van der Waals surface area contributed by atoms with Crippen LogP contribution >= 0.6 is 0 Å². The summed E-state index contributed by atoms with van der Waals surface area (Å²) in [4.78, 5) is 74.6. The fourth-order valence-electron chi connectivity index (χ4n) is 4.77. The Balaban J connectivity index is 5.54. The zero-order chi connectivity index (χ0) is 35.2.